The van der Waals surface area contributed by atoms with Gasteiger partial charge in [0.2, 0.25) is 11.8 Å². The lowest BCUT2D eigenvalue weighted by atomic mass is 10.3. The summed E-state index contributed by atoms with van der Waals surface area (Å²) >= 11 is 1.24. The minimum atomic E-state index is -0.415. The molecule has 1 aromatic carbocycles. The standard InChI is InChI=1S/C19H20N4O4S/c1-10-7-16(23-27-10)22-18(25)11(2)28-9-17(24)20-13-5-6-15-14(8-13)21-19(26-15)12-3-4-12/h5-8,11-12H,3-4,9H2,1-2H3,(H,20,24)(H,22,23,25). The van der Waals surface area contributed by atoms with E-state index in [0.717, 1.165) is 29.8 Å². The summed E-state index contributed by atoms with van der Waals surface area (Å²) in [6.45, 7) is 3.48. The van der Waals surface area contributed by atoms with Crippen LogP contribution in [0.1, 0.15) is 37.3 Å². The average molecular weight is 400 g/mol. The molecule has 1 unspecified atom stereocenters. The third-order valence-electron chi connectivity index (χ3n) is 4.33. The van der Waals surface area contributed by atoms with Gasteiger partial charge in [-0.3, -0.25) is 9.59 Å². The average Bonchev–Trinajstić information content (AvgIpc) is 3.31. The number of amides is 2. The predicted molar refractivity (Wildman–Crippen MR) is 106 cm³/mol. The van der Waals surface area contributed by atoms with Crippen LogP contribution >= 0.6 is 11.8 Å². The molecule has 0 spiro atoms. The number of anilines is 2. The summed E-state index contributed by atoms with van der Waals surface area (Å²) in [5.74, 6) is 1.92. The van der Waals surface area contributed by atoms with E-state index in [4.69, 9.17) is 8.94 Å². The van der Waals surface area contributed by atoms with Gasteiger partial charge in [0, 0.05) is 17.7 Å². The maximum absolute atomic E-state index is 12.2. The molecule has 3 aromatic rings. The zero-order valence-electron chi connectivity index (χ0n) is 15.5. The number of benzene rings is 1. The van der Waals surface area contributed by atoms with Gasteiger partial charge < -0.3 is 19.6 Å². The summed E-state index contributed by atoms with van der Waals surface area (Å²) in [7, 11) is 0. The second kappa shape index (κ2) is 7.67. The molecule has 0 radical (unpaired) electrons. The van der Waals surface area contributed by atoms with Gasteiger partial charge >= 0.3 is 0 Å². The maximum atomic E-state index is 12.2. The van der Waals surface area contributed by atoms with Crippen LogP contribution in [0.15, 0.2) is 33.2 Å². The van der Waals surface area contributed by atoms with Gasteiger partial charge in [0.05, 0.1) is 11.0 Å². The van der Waals surface area contributed by atoms with E-state index in [1.165, 1.54) is 11.8 Å². The summed E-state index contributed by atoms with van der Waals surface area (Å²) in [5.41, 5.74) is 2.12. The first-order chi connectivity index (χ1) is 13.5. The van der Waals surface area contributed by atoms with Gasteiger partial charge in [0.1, 0.15) is 11.3 Å². The molecule has 0 bridgehead atoms. The summed E-state index contributed by atoms with van der Waals surface area (Å²) in [5, 5.41) is 8.80. The van der Waals surface area contributed by atoms with Gasteiger partial charge in [-0.15, -0.1) is 11.8 Å². The van der Waals surface area contributed by atoms with Crippen molar-refractivity contribution in [3.05, 3.63) is 35.9 Å². The molecular formula is C19H20N4O4S. The normalized spacial score (nSPS) is 14.8. The number of thioether (sulfide) groups is 1. The van der Waals surface area contributed by atoms with Crippen LogP contribution in [0, 0.1) is 6.92 Å². The molecule has 2 N–H and O–H groups in total. The van der Waals surface area contributed by atoms with Gasteiger partial charge in [-0.2, -0.15) is 0 Å². The molecule has 1 aliphatic rings. The number of rotatable bonds is 7. The van der Waals surface area contributed by atoms with E-state index in [2.05, 4.69) is 20.8 Å². The zero-order chi connectivity index (χ0) is 19.7. The molecule has 1 aliphatic carbocycles. The molecule has 0 aliphatic heterocycles. The second-order valence-corrected chi connectivity index (χ2v) is 8.15. The molecule has 28 heavy (non-hydrogen) atoms. The highest BCUT2D eigenvalue weighted by atomic mass is 32.2. The molecule has 2 amide bonds. The van der Waals surface area contributed by atoms with Crippen LogP contribution in [0.4, 0.5) is 11.5 Å². The third kappa shape index (κ3) is 4.36. The topological polar surface area (TPSA) is 110 Å². The number of aryl methyl sites for hydroxylation is 1. The van der Waals surface area contributed by atoms with Crippen LogP contribution in [-0.2, 0) is 9.59 Å². The van der Waals surface area contributed by atoms with Crippen LogP contribution in [-0.4, -0.2) is 33.0 Å². The zero-order valence-corrected chi connectivity index (χ0v) is 16.3. The van der Waals surface area contributed by atoms with Crippen molar-refractivity contribution in [1.29, 1.82) is 0 Å². The van der Waals surface area contributed by atoms with Crippen molar-refractivity contribution in [3.63, 3.8) is 0 Å². The minimum Gasteiger partial charge on any atom is -0.440 e. The Labute approximate surface area is 165 Å². The number of fused-ring (bicyclic) bond motifs is 1. The Balaban J connectivity index is 1.28. The largest absolute Gasteiger partial charge is 0.440 e. The number of aromatic nitrogens is 2. The predicted octanol–water partition coefficient (Wildman–Crippen LogP) is 3.70. The molecule has 1 fully saturated rings. The molecule has 2 heterocycles. The van der Waals surface area contributed by atoms with E-state index < -0.39 is 5.25 Å². The number of nitrogens with zero attached hydrogens (tertiary/aromatic N) is 2. The lowest BCUT2D eigenvalue weighted by Crippen LogP contribution is -2.25. The molecule has 4 rings (SSSR count). The van der Waals surface area contributed by atoms with E-state index in [1.807, 2.05) is 6.07 Å². The van der Waals surface area contributed by atoms with Crippen LogP contribution in [0.25, 0.3) is 11.1 Å². The van der Waals surface area contributed by atoms with Gasteiger partial charge in [-0.1, -0.05) is 5.16 Å². The molecule has 1 saturated carbocycles. The molecule has 0 saturated heterocycles. The Morgan fingerprint density at radius 1 is 1.29 bits per heavy atom. The molecule has 9 heteroatoms. The van der Waals surface area contributed by atoms with Crippen molar-refractivity contribution < 1.29 is 18.5 Å². The number of carbonyl (C=O) groups is 2. The Kier molecular flexibility index (Phi) is 5.08. The van der Waals surface area contributed by atoms with Crippen molar-refractivity contribution in [2.45, 2.75) is 37.9 Å². The first-order valence-electron chi connectivity index (χ1n) is 9.04. The van der Waals surface area contributed by atoms with Crippen molar-refractivity contribution in [3.8, 4) is 0 Å². The quantitative estimate of drug-likeness (QED) is 0.622. The summed E-state index contributed by atoms with van der Waals surface area (Å²) in [4.78, 5) is 28.9. The first-order valence-corrected chi connectivity index (χ1v) is 10.1. The summed E-state index contributed by atoms with van der Waals surface area (Å²) in [6.07, 6.45) is 2.24. The minimum absolute atomic E-state index is 0.149. The molecule has 2 aromatic heterocycles. The van der Waals surface area contributed by atoms with Gasteiger partial charge in [-0.05, 0) is 44.9 Å². The highest BCUT2D eigenvalue weighted by Gasteiger charge is 2.28. The lowest BCUT2D eigenvalue weighted by Gasteiger charge is -2.10. The van der Waals surface area contributed by atoms with Crippen molar-refractivity contribution >= 4 is 46.2 Å². The smallest absolute Gasteiger partial charge is 0.238 e. The maximum Gasteiger partial charge on any atom is 0.238 e. The number of carbonyl (C=O) groups excluding carboxylic acids is 2. The number of oxazole rings is 1. The van der Waals surface area contributed by atoms with Crippen molar-refractivity contribution in [2.75, 3.05) is 16.4 Å². The molecule has 1 atom stereocenters. The first kappa shape index (κ1) is 18.5. The second-order valence-electron chi connectivity index (χ2n) is 6.82. The Morgan fingerprint density at radius 3 is 2.82 bits per heavy atom. The number of nitrogens with one attached hydrogen (secondary N) is 2. The van der Waals surface area contributed by atoms with Crippen LogP contribution < -0.4 is 10.6 Å². The van der Waals surface area contributed by atoms with Crippen LogP contribution in [0.3, 0.4) is 0 Å². The number of hydrogen-bond donors (Lipinski definition) is 2. The molecule has 8 nitrogen and oxygen atoms in total. The van der Waals surface area contributed by atoms with Gasteiger partial charge in [0.15, 0.2) is 17.3 Å². The van der Waals surface area contributed by atoms with Crippen LogP contribution in [0.5, 0.6) is 0 Å². The summed E-state index contributed by atoms with van der Waals surface area (Å²) < 4.78 is 10.6. The van der Waals surface area contributed by atoms with Gasteiger partial charge in [-0.25, -0.2) is 4.98 Å². The van der Waals surface area contributed by atoms with E-state index in [9.17, 15) is 9.59 Å². The SMILES string of the molecule is Cc1cc(NC(=O)C(C)SCC(=O)Nc2ccc3oc(C4CC4)nc3c2)no1. The fourth-order valence-corrected chi connectivity index (χ4v) is 3.34. The van der Waals surface area contributed by atoms with E-state index in [1.54, 1.807) is 32.0 Å². The monoisotopic (exact) mass is 400 g/mol. The lowest BCUT2D eigenvalue weighted by molar-refractivity contribution is -0.115. The van der Waals surface area contributed by atoms with E-state index in [0.29, 0.717) is 23.2 Å². The van der Waals surface area contributed by atoms with Crippen molar-refractivity contribution in [1.82, 2.24) is 10.1 Å². The Hall–Kier alpha value is -2.81. The fraction of sp³-hybridized carbons (Fsp3) is 0.368. The van der Waals surface area contributed by atoms with Crippen LogP contribution in [0.2, 0.25) is 0 Å². The highest BCUT2D eigenvalue weighted by Crippen LogP contribution is 2.40. The highest BCUT2D eigenvalue weighted by molar-refractivity contribution is 8.01. The molecule has 146 valence electrons. The van der Waals surface area contributed by atoms with Crippen molar-refractivity contribution in [2.24, 2.45) is 0 Å². The van der Waals surface area contributed by atoms with Gasteiger partial charge in [0.25, 0.3) is 0 Å². The fourth-order valence-electron chi connectivity index (χ4n) is 2.65. The Bertz CT molecular complexity index is 1020. The van der Waals surface area contributed by atoms with E-state index in [-0.39, 0.29) is 17.6 Å². The summed E-state index contributed by atoms with van der Waals surface area (Å²) in [6, 6.07) is 7.04. The van der Waals surface area contributed by atoms with E-state index >= 15 is 0 Å². The third-order valence-corrected chi connectivity index (χ3v) is 5.47. The number of hydrogen-bond acceptors (Lipinski definition) is 7. The molecular weight excluding hydrogens is 380 g/mol. The Morgan fingerprint density at radius 2 is 2.11 bits per heavy atom.